The lowest BCUT2D eigenvalue weighted by molar-refractivity contribution is -0.274. The van der Waals surface area contributed by atoms with E-state index in [1.54, 1.807) is 13.8 Å². The van der Waals surface area contributed by atoms with Crippen LogP contribution in [0.1, 0.15) is 24.5 Å². The Morgan fingerprint density at radius 3 is 2.30 bits per heavy atom. The van der Waals surface area contributed by atoms with Crippen LogP contribution in [-0.2, 0) is 0 Å². The Kier molecular flexibility index (Phi) is 6.23. The SMILES string of the molecule is CCCNC(=N)NC(=O)Nc1c(C)cc(OC(F)(F)F)cc1C. The number of anilines is 1. The fourth-order valence-electron chi connectivity index (χ4n) is 1.87. The van der Waals surface area contributed by atoms with E-state index in [4.69, 9.17) is 5.41 Å². The normalized spacial score (nSPS) is 10.9. The van der Waals surface area contributed by atoms with Gasteiger partial charge in [0, 0.05) is 12.2 Å². The number of rotatable bonds is 4. The predicted molar refractivity (Wildman–Crippen MR) is 80.8 cm³/mol. The van der Waals surface area contributed by atoms with E-state index in [1.807, 2.05) is 6.92 Å². The summed E-state index contributed by atoms with van der Waals surface area (Å²) in [6.45, 7) is 5.55. The molecule has 128 valence electrons. The molecule has 1 aromatic carbocycles. The molecular weight excluding hydrogens is 313 g/mol. The number of amides is 2. The van der Waals surface area contributed by atoms with Gasteiger partial charge >= 0.3 is 12.4 Å². The molecule has 1 aromatic rings. The van der Waals surface area contributed by atoms with Crippen LogP contribution < -0.4 is 20.7 Å². The first kappa shape index (κ1) is 18.6. The maximum absolute atomic E-state index is 12.2. The minimum Gasteiger partial charge on any atom is -0.406 e. The lowest BCUT2D eigenvalue weighted by Gasteiger charge is -2.16. The van der Waals surface area contributed by atoms with Crippen LogP contribution in [0.5, 0.6) is 5.75 Å². The van der Waals surface area contributed by atoms with Crippen molar-refractivity contribution in [2.24, 2.45) is 0 Å². The molecule has 0 radical (unpaired) electrons. The van der Waals surface area contributed by atoms with Crippen LogP contribution in [0.25, 0.3) is 0 Å². The summed E-state index contributed by atoms with van der Waals surface area (Å²) in [5.41, 5.74) is 1.18. The molecule has 0 atom stereocenters. The van der Waals surface area contributed by atoms with Crippen LogP contribution in [0.15, 0.2) is 12.1 Å². The standard InChI is InChI=1S/C14H19F3N4O2/c1-4-5-19-12(18)21-13(22)20-11-8(2)6-10(7-9(11)3)23-14(15,16)17/h6-7H,4-5H2,1-3H3,(H4,18,19,20,21,22). The van der Waals surface area contributed by atoms with Crippen LogP contribution in [0.2, 0.25) is 0 Å². The van der Waals surface area contributed by atoms with Crippen molar-refractivity contribution >= 4 is 17.7 Å². The third kappa shape index (κ3) is 6.45. The number of carbonyl (C=O) groups is 1. The first-order valence-electron chi connectivity index (χ1n) is 6.89. The topological polar surface area (TPSA) is 86.2 Å². The molecule has 4 N–H and O–H groups in total. The van der Waals surface area contributed by atoms with E-state index in [0.29, 0.717) is 23.4 Å². The number of nitrogens with one attached hydrogen (secondary N) is 4. The van der Waals surface area contributed by atoms with Crippen molar-refractivity contribution in [1.29, 1.82) is 5.41 Å². The van der Waals surface area contributed by atoms with E-state index in [0.717, 1.165) is 6.42 Å². The van der Waals surface area contributed by atoms with Crippen molar-refractivity contribution in [1.82, 2.24) is 10.6 Å². The number of hydrogen-bond donors (Lipinski definition) is 4. The van der Waals surface area contributed by atoms with Gasteiger partial charge in [0.1, 0.15) is 5.75 Å². The molecule has 23 heavy (non-hydrogen) atoms. The summed E-state index contributed by atoms with van der Waals surface area (Å²) in [5.74, 6) is -0.507. The van der Waals surface area contributed by atoms with Gasteiger partial charge in [-0.05, 0) is 43.5 Å². The predicted octanol–water partition coefficient (Wildman–Crippen LogP) is 3.26. The second-order valence-corrected chi connectivity index (χ2v) is 4.86. The molecule has 0 saturated heterocycles. The number of hydrogen-bond acceptors (Lipinski definition) is 3. The monoisotopic (exact) mass is 332 g/mol. The van der Waals surface area contributed by atoms with Gasteiger partial charge in [-0.15, -0.1) is 13.2 Å². The summed E-state index contributed by atoms with van der Waals surface area (Å²) >= 11 is 0. The van der Waals surface area contributed by atoms with Gasteiger partial charge in [-0.1, -0.05) is 6.92 Å². The number of benzene rings is 1. The minimum absolute atomic E-state index is 0.156. The molecule has 1 rings (SSSR count). The number of halogens is 3. The van der Waals surface area contributed by atoms with Gasteiger partial charge in [-0.25, -0.2) is 4.79 Å². The summed E-state index contributed by atoms with van der Waals surface area (Å²) in [7, 11) is 0. The molecule has 0 spiro atoms. The molecule has 2 amide bonds. The van der Waals surface area contributed by atoms with Crippen LogP contribution in [0.3, 0.4) is 0 Å². The smallest absolute Gasteiger partial charge is 0.406 e. The zero-order valence-corrected chi connectivity index (χ0v) is 13.0. The second kappa shape index (κ2) is 7.70. The summed E-state index contributed by atoms with van der Waals surface area (Å²) in [5, 5.41) is 15.0. The second-order valence-electron chi connectivity index (χ2n) is 4.86. The van der Waals surface area contributed by atoms with Crippen molar-refractivity contribution in [3.05, 3.63) is 23.3 Å². The van der Waals surface area contributed by atoms with E-state index in [-0.39, 0.29) is 11.7 Å². The molecule has 0 saturated carbocycles. The number of urea groups is 1. The van der Waals surface area contributed by atoms with Crippen molar-refractivity contribution in [3.63, 3.8) is 0 Å². The zero-order valence-electron chi connectivity index (χ0n) is 13.0. The number of alkyl halides is 3. The van der Waals surface area contributed by atoms with Gasteiger partial charge < -0.3 is 15.4 Å². The van der Waals surface area contributed by atoms with Gasteiger partial charge in [0.05, 0.1) is 0 Å². The van der Waals surface area contributed by atoms with E-state index < -0.39 is 12.4 Å². The minimum atomic E-state index is -4.77. The largest absolute Gasteiger partial charge is 0.573 e. The Labute approximate surface area is 131 Å². The van der Waals surface area contributed by atoms with E-state index >= 15 is 0 Å². The van der Waals surface area contributed by atoms with Gasteiger partial charge in [-0.2, -0.15) is 0 Å². The Morgan fingerprint density at radius 2 is 1.83 bits per heavy atom. The highest BCUT2D eigenvalue weighted by Gasteiger charge is 2.31. The van der Waals surface area contributed by atoms with Crippen LogP contribution in [0.4, 0.5) is 23.7 Å². The van der Waals surface area contributed by atoms with Gasteiger partial charge in [-0.3, -0.25) is 10.7 Å². The lowest BCUT2D eigenvalue weighted by atomic mass is 10.1. The highest BCUT2D eigenvalue weighted by molar-refractivity contribution is 6.02. The average molecular weight is 332 g/mol. The maximum Gasteiger partial charge on any atom is 0.573 e. The maximum atomic E-state index is 12.2. The first-order valence-corrected chi connectivity index (χ1v) is 6.89. The van der Waals surface area contributed by atoms with Crippen molar-refractivity contribution in [2.45, 2.75) is 33.6 Å². The molecule has 9 heteroatoms. The molecule has 0 unspecified atom stereocenters. The van der Waals surface area contributed by atoms with Crippen molar-refractivity contribution in [2.75, 3.05) is 11.9 Å². The molecule has 0 aliphatic heterocycles. The molecule has 6 nitrogen and oxygen atoms in total. The highest BCUT2D eigenvalue weighted by atomic mass is 19.4. The summed E-state index contributed by atoms with van der Waals surface area (Å²) in [6, 6.07) is 1.70. The molecule has 0 bridgehead atoms. The van der Waals surface area contributed by atoms with E-state index in [9.17, 15) is 18.0 Å². The summed E-state index contributed by atoms with van der Waals surface area (Å²) in [6.07, 6.45) is -3.98. The molecule has 0 aliphatic carbocycles. The molecule has 0 heterocycles. The molecule has 0 fully saturated rings. The van der Waals surface area contributed by atoms with Crippen molar-refractivity contribution < 1.29 is 22.7 Å². The Balaban J connectivity index is 2.77. The van der Waals surface area contributed by atoms with Gasteiger partial charge in [0.15, 0.2) is 5.96 Å². The third-order valence-electron chi connectivity index (χ3n) is 2.77. The Hall–Kier alpha value is -2.45. The first-order chi connectivity index (χ1) is 10.6. The fraction of sp³-hybridized carbons (Fsp3) is 0.429. The summed E-state index contributed by atoms with van der Waals surface area (Å²) < 4.78 is 40.5. The van der Waals surface area contributed by atoms with Gasteiger partial charge in [0.25, 0.3) is 0 Å². The van der Waals surface area contributed by atoms with E-state index in [1.165, 1.54) is 12.1 Å². The third-order valence-corrected chi connectivity index (χ3v) is 2.77. The summed E-state index contributed by atoms with van der Waals surface area (Å²) in [4.78, 5) is 11.8. The number of guanidine groups is 1. The van der Waals surface area contributed by atoms with Crippen LogP contribution in [0, 0.1) is 19.3 Å². The Bertz CT molecular complexity index is 565. The average Bonchev–Trinajstić information content (AvgIpc) is 2.38. The molecule has 0 aromatic heterocycles. The highest BCUT2D eigenvalue weighted by Crippen LogP contribution is 2.29. The van der Waals surface area contributed by atoms with Crippen molar-refractivity contribution in [3.8, 4) is 5.75 Å². The lowest BCUT2D eigenvalue weighted by Crippen LogP contribution is -2.42. The molecule has 0 aliphatic rings. The number of ether oxygens (including phenoxy) is 1. The zero-order chi connectivity index (χ0) is 17.6. The Morgan fingerprint density at radius 1 is 1.26 bits per heavy atom. The fourth-order valence-corrected chi connectivity index (χ4v) is 1.87. The van der Waals surface area contributed by atoms with Crippen LogP contribution in [-0.4, -0.2) is 24.9 Å². The number of carbonyl (C=O) groups excluding carboxylic acids is 1. The van der Waals surface area contributed by atoms with Gasteiger partial charge in [0.2, 0.25) is 0 Å². The van der Waals surface area contributed by atoms with Crippen LogP contribution >= 0.6 is 0 Å². The van der Waals surface area contributed by atoms with E-state index in [2.05, 4.69) is 20.7 Å². The molecular formula is C14H19F3N4O2. The number of aryl methyl sites for hydroxylation is 2. The quantitative estimate of drug-likeness (QED) is 0.504.